The van der Waals surface area contributed by atoms with Crippen LogP contribution in [0.5, 0.6) is 0 Å². The summed E-state index contributed by atoms with van der Waals surface area (Å²) in [6.45, 7) is 4.40. The minimum atomic E-state index is 0.0743. The van der Waals surface area contributed by atoms with Crippen LogP contribution in [0, 0.1) is 13.8 Å². The van der Waals surface area contributed by atoms with Crippen LogP contribution in [0.4, 0.5) is 0 Å². The molecule has 1 N–H and O–H groups in total. The van der Waals surface area contributed by atoms with E-state index >= 15 is 0 Å². The van der Waals surface area contributed by atoms with E-state index in [0.717, 1.165) is 42.7 Å². The lowest BCUT2D eigenvalue weighted by atomic mass is 9.92. The molecule has 5 nitrogen and oxygen atoms in total. The molecule has 2 atom stereocenters. The molecule has 3 rings (SSSR count). The first-order valence-electron chi connectivity index (χ1n) is 9.50. The number of hydrogen-bond donors (Lipinski definition) is 1. The highest BCUT2D eigenvalue weighted by Gasteiger charge is 2.27. The van der Waals surface area contributed by atoms with Crippen LogP contribution in [0.25, 0.3) is 0 Å². The van der Waals surface area contributed by atoms with E-state index in [4.69, 9.17) is 9.26 Å². The number of nitrogens with zero attached hydrogens (tertiary/aromatic N) is 1. The van der Waals surface area contributed by atoms with Gasteiger partial charge in [-0.25, -0.2) is 0 Å². The van der Waals surface area contributed by atoms with Crippen molar-refractivity contribution in [3.8, 4) is 0 Å². The summed E-state index contributed by atoms with van der Waals surface area (Å²) in [4.78, 5) is 12.4. The Morgan fingerprint density at radius 2 is 2.00 bits per heavy atom. The Morgan fingerprint density at radius 1 is 1.23 bits per heavy atom. The maximum absolute atomic E-state index is 12.4. The van der Waals surface area contributed by atoms with Crippen molar-refractivity contribution in [3.05, 3.63) is 52.9 Å². The third-order valence-electron chi connectivity index (χ3n) is 5.14. The van der Waals surface area contributed by atoms with Crippen LogP contribution in [-0.2, 0) is 22.6 Å². The van der Waals surface area contributed by atoms with Gasteiger partial charge in [-0.15, -0.1) is 0 Å². The van der Waals surface area contributed by atoms with Gasteiger partial charge in [-0.3, -0.25) is 4.79 Å². The average Bonchev–Trinajstić information content (AvgIpc) is 2.98. The van der Waals surface area contributed by atoms with Crippen molar-refractivity contribution in [3.63, 3.8) is 0 Å². The molecule has 0 spiro atoms. The first-order valence-corrected chi connectivity index (χ1v) is 9.50. The lowest BCUT2D eigenvalue weighted by Crippen LogP contribution is -2.46. The Balaban J connectivity index is 1.50. The Bertz CT molecular complexity index is 692. The van der Waals surface area contributed by atoms with Crippen molar-refractivity contribution in [1.29, 1.82) is 0 Å². The number of rotatable bonds is 7. The molecule has 1 aliphatic carbocycles. The predicted octanol–water partition coefficient (Wildman–Crippen LogP) is 3.87. The average molecular weight is 356 g/mol. The van der Waals surface area contributed by atoms with Crippen LogP contribution in [0.2, 0.25) is 0 Å². The van der Waals surface area contributed by atoms with Crippen molar-refractivity contribution in [2.24, 2.45) is 0 Å². The van der Waals surface area contributed by atoms with Crippen molar-refractivity contribution in [2.45, 2.75) is 71.1 Å². The topological polar surface area (TPSA) is 64.4 Å². The Labute approximate surface area is 155 Å². The molecule has 140 valence electrons. The molecule has 0 radical (unpaired) electrons. The van der Waals surface area contributed by atoms with Crippen LogP contribution in [-0.4, -0.2) is 23.2 Å². The fourth-order valence-electron chi connectivity index (χ4n) is 3.62. The summed E-state index contributed by atoms with van der Waals surface area (Å²) in [7, 11) is 0. The largest absolute Gasteiger partial charge is 0.371 e. The van der Waals surface area contributed by atoms with Gasteiger partial charge >= 0.3 is 0 Å². The summed E-state index contributed by atoms with van der Waals surface area (Å²) < 4.78 is 11.3. The maximum Gasteiger partial charge on any atom is 0.220 e. The molecule has 5 heteroatoms. The molecule has 0 unspecified atom stereocenters. The monoisotopic (exact) mass is 356 g/mol. The summed E-state index contributed by atoms with van der Waals surface area (Å²) >= 11 is 0. The highest BCUT2D eigenvalue weighted by atomic mass is 16.5. The number of hydrogen-bond acceptors (Lipinski definition) is 4. The molecule has 1 fully saturated rings. The standard InChI is InChI=1S/C21H28N2O3/c1-15-18(16(2)26-23-15)12-13-21(24)22-19-10-6-7-11-20(19)25-14-17-8-4-3-5-9-17/h3-5,8-9,19-20H,6-7,10-14H2,1-2H3,(H,22,24)/t19-,20-/m0/s1. The van der Waals surface area contributed by atoms with Gasteiger partial charge in [0.15, 0.2) is 0 Å². The van der Waals surface area contributed by atoms with Crippen LogP contribution in [0.15, 0.2) is 34.9 Å². The van der Waals surface area contributed by atoms with E-state index < -0.39 is 0 Å². The fourth-order valence-corrected chi connectivity index (χ4v) is 3.62. The van der Waals surface area contributed by atoms with E-state index in [0.29, 0.717) is 19.4 Å². The fraction of sp³-hybridized carbons (Fsp3) is 0.524. The van der Waals surface area contributed by atoms with Crippen LogP contribution < -0.4 is 5.32 Å². The lowest BCUT2D eigenvalue weighted by molar-refractivity contribution is -0.123. The number of aromatic nitrogens is 1. The third kappa shape index (κ3) is 4.94. The zero-order valence-corrected chi connectivity index (χ0v) is 15.7. The second-order valence-corrected chi connectivity index (χ2v) is 7.10. The smallest absolute Gasteiger partial charge is 0.220 e. The van der Waals surface area contributed by atoms with E-state index in [1.54, 1.807) is 0 Å². The molecular weight excluding hydrogens is 328 g/mol. The van der Waals surface area contributed by atoms with Gasteiger partial charge in [-0.1, -0.05) is 48.3 Å². The quantitative estimate of drug-likeness (QED) is 0.818. The molecule has 0 saturated heterocycles. The lowest BCUT2D eigenvalue weighted by Gasteiger charge is -2.32. The molecule has 1 aromatic carbocycles. The number of benzene rings is 1. The van der Waals surface area contributed by atoms with Gasteiger partial charge in [0.1, 0.15) is 5.76 Å². The molecule has 1 heterocycles. The van der Waals surface area contributed by atoms with E-state index in [-0.39, 0.29) is 18.1 Å². The van der Waals surface area contributed by atoms with E-state index in [9.17, 15) is 4.79 Å². The maximum atomic E-state index is 12.4. The minimum absolute atomic E-state index is 0.0743. The molecular formula is C21H28N2O3. The number of aryl methyl sites for hydroxylation is 2. The molecule has 2 aromatic rings. The van der Waals surface area contributed by atoms with Gasteiger partial charge in [0, 0.05) is 12.0 Å². The van der Waals surface area contributed by atoms with Gasteiger partial charge in [0.2, 0.25) is 5.91 Å². The number of amides is 1. The second-order valence-electron chi connectivity index (χ2n) is 7.10. The van der Waals surface area contributed by atoms with Crippen molar-refractivity contribution in [2.75, 3.05) is 0 Å². The number of carbonyl (C=O) groups is 1. The predicted molar refractivity (Wildman–Crippen MR) is 99.7 cm³/mol. The number of nitrogens with one attached hydrogen (secondary N) is 1. The summed E-state index contributed by atoms with van der Waals surface area (Å²) in [5.41, 5.74) is 3.08. The molecule has 1 aromatic heterocycles. The highest BCUT2D eigenvalue weighted by Crippen LogP contribution is 2.23. The third-order valence-corrected chi connectivity index (χ3v) is 5.14. The van der Waals surface area contributed by atoms with Gasteiger partial charge in [0.25, 0.3) is 0 Å². The summed E-state index contributed by atoms with van der Waals surface area (Å²) in [6.07, 6.45) is 5.48. The number of ether oxygens (including phenoxy) is 1. The van der Waals surface area contributed by atoms with Gasteiger partial charge in [0.05, 0.1) is 24.4 Å². The first-order chi connectivity index (χ1) is 12.6. The summed E-state index contributed by atoms with van der Waals surface area (Å²) in [6, 6.07) is 10.3. The van der Waals surface area contributed by atoms with Crippen molar-refractivity contribution < 1.29 is 14.1 Å². The Morgan fingerprint density at radius 3 is 2.73 bits per heavy atom. The Kier molecular flexibility index (Phi) is 6.45. The number of carbonyl (C=O) groups excluding carboxylic acids is 1. The van der Waals surface area contributed by atoms with Crippen LogP contribution in [0.1, 0.15) is 54.7 Å². The second kappa shape index (κ2) is 8.99. The van der Waals surface area contributed by atoms with Gasteiger partial charge in [-0.2, -0.15) is 0 Å². The molecule has 26 heavy (non-hydrogen) atoms. The van der Waals surface area contributed by atoms with Crippen molar-refractivity contribution >= 4 is 5.91 Å². The molecule has 0 aliphatic heterocycles. The van der Waals surface area contributed by atoms with Crippen molar-refractivity contribution in [1.82, 2.24) is 10.5 Å². The molecule has 1 saturated carbocycles. The molecule has 0 bridgehead atoms. The van der Waals surface area contributed by atoms with Crippen LogP contribution in [0.3, 0.4) is 0 Å². The Hall–Kier alpha value is -2.14. The summed E-state index contributed by atoms with van der Waals surface area (Å²) in [5.74, 6) is 0.877. The highest BCUT2D eigenvalue weighted by molar-refractivity contribution is 5.76. The van der Waals surface area contributed by atoms with Crippen LogP contribution >= 0.6 is 0 Å². The first kappa shape index (κ1) is 18.6. The zero-order valence-electron chi connectivity index (χ0n) is 15.7. The van der Waals surface area contributed by atoms with E-state index in [2.05, 4.69) is 22.6 Å². The van der Waals surface area contributed by atoms with Gasteiger partial charge < -0.3 is 14.6 Å². The normalized spacial score (nSPS) is 20.1. The summed E-state index contributed by atoms with van der Waals surface area (Å²) in [5, 5.41) is 7.14. The molecule has 1 aliphatic rings. The molecule has 1 amide bonds. The van der Waals surface area contributed by atoms with Gasteiger partial charge in [-0.05, 0) is 38.7 Å². The zero-order chi connectivity index (χ0) is 18.4. The van der Waals surface area contributed by atoms with E-state index in [1.165, 1.54) is 5.56 Å². The minimum Gasteiger partial charge on any atom is -0.371 e. The van der Waals surface area contributed by atoms with E-state index in [1.807, 2.05) is 32.0 Å². The SMILES string of the molecule is Cc1noc(C)c1CCC(=O)N[C@H]1CCCC[C@@H]1OCc1ccccc1.